The Bertz CT molecular complexity index is 1440. The van der Waals surface area contributed by atoms with E-state index in [4.69, 9.17) is 11.0 Å². The van der Waals surface area contributed by atoms with E-state index in [0.29, 0.717) is 30.4 Å². The van der Waals surface area contributed by atoms with Gasteiger partial charge in [0.05, 0.1) is 27.2 Å². The summed E-state index contributed by atoms with van der Waals surface area (Å²) in [6.45, 7) is 6.63. The first kappa shape index (κ1) is 28.7. The maximum absolute atomic E-state index is 13.8. The summed E-state index contributed by atoms with van der Waals surface area (Å²) >= 11 is 0. The van der Waals surface area contributed by atoms with Crippen molar-refractivity contribution in [3.63, 3.8) is 0 Å². The van der Waals surface area contributed by atoms with E-state index in [9.17, 15) is 23.1 Å². The zero-order chi connectivity index (χ0) is 29.0. The molecule has 12 heteroatoms. The third-order valence-electron chi connectivity index (χ3n) is 7.93. The van der Waals surface area contributed by atoms with Crippen LogP contribution in [0.4, 0.5) is 0 Å². The SMILES string of the molecule is Cn1nc(C(=O)NCc2ccc(C#N)cc2)c2c1C(=O)N(CC1(S(=O)(=O)C(C)(C)[C@H](O)C(C)(C)N)CC1)CC2. The number of nitriles is 1. The minimum atomic E-state index is -3.89. The summed E-state index contributed by atoms with van der Waals surface area (Å²) < 4.78 is 26.3. The van der Waals surface area contributed by atoms with Gasteiger partial charge in [0.2, 0.25) is 0 Å². The van der Waals surface area contributed by atoms with Crippen LogP contribution < -0.4 is 11.1 Å². The molecule has 0 unspecified atom stereocenters. The van der Waals surface area contributed by atoms with Gasteiger partial charge in [0.25, 0.3) is 11.8 Å². The molecule has 2 amide bonds. The molecular weight excluding hydrogens is 520 g/mol. The standard InChI is InChI=1S/C27H36N6O5S/c1-25(2,29)24(36)26(3,4)39(37,38)27(11-12-27)16-33-13-10-19-20(31-32(5)21(19)23(33)35)22(34)30-15-18-8-6-17(14-28)7-9-18/h6-9,24,36H,10-13,15-16,29H2,1-5H3,(H,30,34)/t24-/m1/s1. The molecule has 11 nitrogen and oxygen atoms in total. The quantitative estimate of drug-likeness (QED) is 0.411. The van der Waals surface area contributed by atoms with Gasteiger partial charge in [-0.15, -0.1) is 0 Å². The maximum Gasteiger partial charge on any atom is 0.272 e. The van der Waals surface area contributed by atoms with Crippen LogP contribution in [0.5, 0.6) is 0 Å². The molecule has 39 heavy (non-hydrogen) atoms. The van der Waals surface area contributed by atoms with Gasteiger partial charge in [-0.2, -0.15) is 10.4 Å². The van der Waals surface area contributed by atoms with Crippen molar-refractivity contribution in [3.05, 3.63) is 52.3 Å². The molecule has 0 radical (unpaired) electrons. The Morgan fingerprint density at radius 1 is 1.26 bits per heavy atom. The minimum Gasteiger partial charge on any atom is -0.390 e. The fraction of sp³-hybridized carbons (Fsp3) is 0.556. The molecule has 1 aromatic carbocycles. The van der Waals surface area contributed by atoms with Gasteiger partial charge in [0, 0.05) is 37.8 Å². The Hall–Kier alpha value is -3.27. The lowest BCUT2D eigenvalue weighted by atomic mass is 9.89. The summed E-state index contributed by atoms with van der Waals surface area (Å²) in [5, 5.41) is 26.9. The summed E-state index contributed by atoms with van der Waals surface area (Å²) in [6, 6.07) is 8.90. The molecule has 1 saturated carbocycles. The lowest BCUT2D eigenvalue weighted by Crippen LogP contribution is -2.62. The molecule has 1 atom stereocenters. The van der Waals surface area contributed by atoms with E-state index < -0.39 is 36.9 Å². The van der Waals surface area contributed by atoms with Crippen LogP contribution in [0.25, 0.3) is 0 Å². The van der Waals surface area contributed by atoms with Crippen molar-refractivity contribution in [1.29, 1.82) is 5.26 Å². The topological polar surface area (TPSA) is 171 Å². The lowest BCUT2D eigenvalue weighted by Gasteiger charge is -2.41. The number of aliphatic hydroxyl groups is 1. The second kappa shape index (κ2) is 9.73. The number of nitrogens with two attached hydrogens (primary N) is 1. The number of aromatic nitrogens is 2. The average Bonchev–Trinajstić information content (AvgIpc) is 3.59. The Morgan fingerprint density at radius 2 is 1.87 bits per heavy atom. The Kier molecular flexibility index (Phi) is 7.17. The zero-order valence-corrected chi connectivity index (χ0v) is 23.8. The first-order chi connectivity index (χ1) is 18.1. The van der Waals surface area contributed by atoms with Crippen molar-refractivity contribution in [2.45, 2.75) is 74.6 Å². The first-order valence-electron chi connectivity index (χ1n) is 12.9. The van der Waals surface area contributed by atoms with E-state index in [1.54, 1.807) is 45.2 Å². The number of fused-ring (bicyclic) bond motifs is 1. The predicted octanol–water partition coefficient (Wildman–Crippen LogP) is 1.04. The van der Waals surface area contributed by atoms with Crippen molar-refractivity contribution >= 4 is 21.7 Å². The number of carbonyl (C=O) groups excluding carboxylic acids is 2. The number of amides is 2. The van der Waals surface area contributed by atoms with Gasteiger partial charge < -0.3 is 21.1 Å². The van der Waals surface area contributed by atoms with Crippen LogP contribution in [0.15, 0.2) is 24.3 Å². The monoisotopic (exact) mass is 556 g/mol. The van der Waals surface area contributed by atoms with Crippen LogP contribution in [0.2, 0.25) is 0 Å². The number of hydrogen-bond donors (Lipinski definition) is 3. The molecule has 1 aliphatic carbocycles. The molecular formula is C27H36N6O5S. The fourth-order valence-electron chi connectivity index (χ4n) is 5.47. The molecule has 2 aromatic rings. The third kappa shape index (κ3) is 4.95. The summed E-state index contributed by atoms with van der Waals surface area (Å²) in [4.78, 5) is 28.0. The van der Waals surface area contributed by atoms with Crippen molar-refractivity contribution in [1.82, 2.24) is 20.0 Å². The molecule has 210 valence electrons. The van der Waals surface area contributed by atoms with Crippen molar-refractivity contribution in [2.75, 3.05) is 13.1 Å². The van der Waals surface area contributed by atoms with Crippen LogP contribution in [-0.2, 0) is 29.9 Å². The second-order valence-corrected chi connectivity index (χ2v) is 14.7. The van der Waals surface area contributed by atoms with Crippen LogP contribution in [-0.4, -0.2) is 74.2 Å². The number of benzene rings is 1. The Balaban J connectivity index is 1.51. The van der Waals surface area contributed by atoms with Crippen LogP contribution in [0.3, 0.4) is 0 Å². The number of nitrogens with zero attached hydrogens (tertiary/aromatic N) is 4. The van der Waals surface area contributed by atoms with Gasteiger partial charge in [-0.25, -0.2) is 8.42 Å². The number of rotatable bonds is 9. The van der Waals surface area contributed by atoms with Gasteiger partial charge in [0.1, 0.15) is 5.69 Å². The fourth-order valence-corrected chi connectivity index (χ4v) is 8.15. The molecule has 4 rings (SSSR count). The summed E-state index contributed by atoms with van der Waals surface area (Å²) in [5.41, 5.74) is 7.23. The molecule has 0 spiro atoms. The van der Waals surface area contributed by atoms with E-state index in [2.05, 4.69) is 10.4 Å². The summed E-state index contributed by atoms with van der Waals surface area (Å²) in [6.07, 6.45) is -0.172. The van der Waals surface area contributed by atoms with Gasteiger partial charge in [-0.05, 0) is 64.7 Å². The van der Waals surface area contributed by atoms with E-state index in [1.807, 2.05) is 6.07 Å². The number of aliphatic hydroxyl groups excluding tert-OH is 1. The number of carbonyl (C=O) groups is 2. The van der Waals surface area contributed by atoms with Crippen molar-refractivity contribution < 1.29 is 23.1 Å². The van der Waals surface area contributed by atoms with E-state index in [0.717, 1.165) is 5.56 Å². The minimum absolute atomic E-state index is 0.000158. The predicted molar refractivity (Wildman–Crippen MR) is 144 cm³/mol. The maximum atomic E-state index is 13.8. The van der Waals surface area contributed by atoms with Gasteiger partial charge >= 0.3 is 0 Å². The number of nitrogens with one attached hydrogen (secondary N) is 1. The number of hydrogen-bond acceptors (Lipinski definition) is 8. The van der Waals surface area contributed by atoms with E-state index in [1.165, 1.54) is 23.4 Å². The van der Waals surface area contributed by atoms with Crippen LogP contribution >= 0.6 is 0 Å². The highest BCUT2D eigenvalue weighted by molar-refractivity contribution is 7.94. The molecule has 2 aliphatic rings. The van der Waals surface area contributed by atoms with Gasteiger partial charge in [0.15, 0.2) is 15.5 Å². The highest BCUT2D eigenvalue weighted by Gasteiger charge is 2.63. The van der Waals surface area contributed by atoms with Crippen LogP contribution in [0.1, 0.15) is 78.2 Å². The van der Waals surface area contributed by atoms with Crippen LogP contribution in [0, 0.1) is 11.3 Å². The Morgan fingerprint density at radius 3 is 2.41 bits per heavy atom. The molecule has 4 N–H and O–H groups in total. The molecule has 0 saturated heterocycles. The van der Waals surface area contributed by atoms with Gasteiger partial charge in [-0.3, -0.25) is 14.3 Å². The van der Waals surface area contributed by atoms with Crippen molar-refractivity contribution in [3.8, 4) is 6.07 Å². The molecule has 2 heterocycles. The zero-order valence-electron chi connectivity index (χ0n) is 23.0. The number of aryl methyl sites for hydroxylation is 1. The average molecular weight is 557 g/mol. The van der Waals surface area contributed by atoms with E-state index in [-0.39, 0.29) is 36.9 Å². The lowest BCUT2D eigenvalue weighted by molar-refractivity contribution is 0.0694. The highest BCUT2D eigenvalue weighted by atomic mass is 32.2. The van der Waals surface area contributed by atoms with Crippen molar-refractivity contribution in [2.24, 2.45) is 12.8 Å². The Labute approximate surface area is 228 Å². The molecule has 1 fully saturated rings. The highest BCUT2D eigenvalue weighted by Crippen LogP contribution is 2.50. The first-order valence-corrected chi connectivity index (χ1v) is 14.4. The summed E-state index contributed by atoms with van der Waals surface area (Å²) in [7, 11) is -2.31. The normalized spacial score (nSPS) is 17.8. The number of sulfone groups is 1. The third-order valence-corrected chi connectivity index (χ3v) is 11.2. The molecule has 1 aromatic heterocycles. The molecule has 0 bridgehead atoms. The van der Waals surface area contributed by atoms with E-state index >= 15 is 0 Å². The molecule has 1 aliphatic heterocycles. The van der Waals surface area contributed by atoms with Gasteiger partial charge in [-0.1, -0.05) is 12.1 Å². The second-order valence-electron chi connectivity index (χ2n) is 11.8. The smallest absolute Gasteiger partial charge is 0.272 e. The summed E-state index contributed by atoms with van der Waals surface area (Å²) in [5.74, 6) is -0.796. The largest absolute Gasteiger partial charge is 0.390 e.